The number of hydrogen-bond acceptors (Lipinski definition) is 4. The molecule has 0 aromatic carbocycles. The van der Waals surface area contributed by atoms with E-state index in [9.17, 15) is 0 Å². The molecule has 16 heavy (non-hydrogen) atoms. The Morgan fingerprint density at radius 1 is 0.938 bits per heavy atom. The van der Waals surface area contributed by atoms with E-state index < -0.39 is 0 Å². The van der Waals surface area contributed by atoms with Gasteiger partial charge in [0.05, 0.1) is 26.4 Å². The van der Waals surface area contributed by atoms with Gasteiger partial charge in [0.2, 0.25) is 0 Å². The van der Waals surface area contributed by atoms with Crippen LogP contribution in [-0.2, 0) is 18.9 Å². The van der Waals surface area contributed by atoms with Gasteiger partial charge in [0.25, 0.3) is 0 Å². The van der Waals surface area contributed by atoms with Crippen molar-refractivity contribution >= 4 is 0 Å². The van der Waals surface area contributed by atoms with Crippen molar-refractivity contribution in [2.24, 2.45) is 0 Å². The molecule has 0 N–H and O–H groups in total. The molecule has 2 rings (SSSR count). The van der Waals surface area contributed by atoms with Crippen LogP contribution in [0.4, 0.5) is 0 Å². The maximum absolute atomic E-state index is 5.65. The van der Waals surface area contributed by atoms with Crippen LogP contribution in [0.2, 0.25) is 0 Å². The molecule has 2 fully saturated rings. The third-order valence-electron chi connectivity index (χ3n) is 2.82. The number of ether oxygens (including phenoxy) is 4. The summed E-state index contributed by atoms with van der Waals surface area (Å²) in [4.78, 5) is 0. The maximum Gasteiger partial charge on any atom is 0.115 e. The molecule has 2 aliphatic rings. The van der Waals surface area contributed by atoms with Gasteiger partial charge >= 0.3 is 0 Å². The SMILES string of the molecule is C=CCO[C@@H]1CO[C@@H]2[C@H]1OC[C@H]2OCC=C. The fraction of sp³-hybridized carbons (Fsp3) is 0.667. The first kappa shape index (κ1) is 11.8. The highest BCUT2D eigenvalue weighted by Crippen LogP contribution is 2.30. The number of fused-ring (bicyclic) bond motifs is 1. The molecule has 4 nitrogen and oxygen atoms in total. The first-order chi connectivity index (χ1) is 7.86. The van der Waals surface area contributed by atoms with Crippen molar-refractivity contribution in [3.05, 3.63) is 25.3 Å². The minimum atomic E-state index is -0.00485. The zero-order valence-corrected chi connectivity index (χ0v) is 9.34. The second-order valence-corrected chi connectivity index (χ2v) is 3.92. The molecule has 0 bridgehead atoms. The summed E-state index contributed by atoms with van der Waals surface area (Å²) < 4.78 is 22.5. The molecule has 0 radical (unpaired) electrons. The summed E-state index contributed by atoms with van der Waals surface area (Å²) in [5.74, 6) is 0. The minimum Gasteiger partial charge on any atom is -0.370 e. The van der Waals surface area contributed by atoms with Crippen molar-refractivity contribution in [2.45, 2.75) is 24.4 Å². The Morgan fingerprint density at radius 3 is 1.75 bits per heavy atom. The van der Waals surface area contributed by atoms with Crippen LogP contribution < -0.4 is 0 Å². The molecule has 90 valence electrons. The molecule has 2 heterocycles. The average molecular weight is 226 g/mol. The fourth-order valence-electron chi connectivity index (χ4n) is 2.10. The standard InChI is InChI=1S/C12H18O4/c1-3-5-13-9-7-15-12-10(14-6-4-2)8-16-11(9)12/h3-4,9-12H,1-2,5-8H2/t9-,10-,11+,12+/m1/s1. The van der Waals surface area contributed by atoms with E-state index >= 15 is 0 Å². The highest BCUT2D eigenvalue weighted by molar-refractivity contribution is 4.96. The van der Waals surface area contributed by atoms with Gasteiger partial charge in [-0.15, -0.1) is 13.2 Å². The lowest BCUT2D eigenvalue weighted by molar-refractivity contribution is -0.0402. The van der Waals surface area contributed by atoms with E-state index in [-0.39, 0.29) is 24.4 Å². The van der Waals surface area contributed by atoms with Gasteiger partial charge < -0.3 is 18.9 Å². The first-order valence-electron chi connectivity index (χ1n) is 5.55. The van der Waals surface area contributed by atoms with E-state index in [1.807, 2.05) is 0 Å². The van der Waals surface area contributed by atoms with Gasteiger partial charge in [0.15, 0.2) is 0 Å². The Labute approximate surface area is 95.8 Å². The van der Waals surface area contributed by atoms with Crippen molar-refractivity contribution < 1.29 is 18.9 Å². The lowest BCUT2D eigenvalue weighted by Gasteiger charge is -2.16. The van der Waals surface area contributed by atoms with Crippen molar-refractivity contribution in [2.75, 3.05) is 26.4 Å². The predicted molar refractivity (Wildman–Crippen MR) is 59.4 cm³/mol. The van der Waals surface area contributed by atoms with Gasteiger partial charge in [-0.3, -0.25) is 0 Å². The molecule has 0 aliphatic carbocycles. The van der Waals surface area contributed by atoms with Crippen LogP contribution in [0, 0.1) is 0 Å². The molecular formula is C12H18O4. The van der Waals surface area contributed by atoms with Gasteiger partial charge in [-0.1, -0.05) is 12.2 Å². The summed E-state index contributed by atoms with van der Waals surface area (Å²) in [6.45, 7) is 9.43. The number of rotatable bonds is 6. The Kier molecular flexibility index (Phi) is 4.12. The minimum absolute atomic E-state index is 0.000307. The number of hydrogen-bond donors (Lipinski definition) is 0. The maximum atomic E-state index is 5.65. The van der Waals surface area contributed by atoms with Gasteiger partial charge in [-0.25, -0.2) is 0 Å². The second-order valence-electron chi connectivity index (χ2n) is 3.92. The van der Waals surface area contributed by atoms with E-state index in [1.54, 1.807) is 12.2 Å². The Balaban J connectivity index is 1.85. The molecular weight excluding hydrogens is 208 g/mol. The molecule has 0 unspecified atom stereocenters. The van der Waals surface area contributed by atoms with Crippen LogP contribution in [0.25, 0.3) is 0 Å². The zero-order chi connectivity index (χ0) is 11.4. The van der Waals surface area contributed by atoms with Gasteiger partial charge in [-0.2, -0.15) is 0 Å². The molecule has 0 spiro atoms. The molecule has 2 saturated heterocycles. The van der Waals surface area contributed by atoms with Crippen molar-refractivity contribution in [1.29, 1.82) is 0 Å². The van der Waals surface area contributed by atoms with Crippen LogP contribution in [0.1, 0.15) is 0 Å². The van der Waals surface area contributed by atoms with Crippen LogP contribution >= 0.6 is 0 Å². The summed E-state index contributed by atoms with van der Waals surface area (Å²) in [5.41, 5.74) is 0. The van der Waals surface area contributed by atoms with Crippen molar-refractivity contribution in [3.63, 3.8) is 0 Å². The van der Waals surface area contributed by atoms with Gasteiger partial charge in [0.1, 0.15) is 24.4 Å². The quantitative estimate of drug-likeness (QED) is 0.631. The van der Waals surface area contributed by atoms with Crippen LogP contribution in [-0.4, -0.2) is 50.8 Å². The highest BCUT2D eigenvalue weighted by Gasteiger charge is 2.48. The van der Waals surface area contributed by atoms with E-state index in [0.717, 1.165) is 0 Å². The Hall–Kier alpha value is -0.680. The molecule has 0 amide bonds. The monoisotopic (exact) mass is 226 g/mol. The van der Waals surface area contributed by atoms with Crippen LogP contribution in [0.5, 0.6) is 0 Å². The summed E-state index contributed by atoms with van der Waals surface area (Å²) in [7, 11) is 0. The smallest absolute Gasteiger partial charge is 0.115 e. The van der Waals surface area contributed by atoms with Crippen molar-refractivity contribution in [1.82, 2.24) is 0 Å². The second kappa shape index (κ2) is 5.59. The normalized spacial score (nSPS) is 37.2. The van der Waals surface area contributed by atoms with E-state index in [0.29, 0.717) is 26.4 Å². The molecule has 0 aromatic heterocycles. The first-order valence-corrected chi connectivity index (χ1v) is 5.55. The van der Waals surface area contributed by atoms with Crippen LogP contribution in [0.15, 0.2) is 25.3 Å². The summed E-state index contributed by atoms with van der Waals surface area (Å²) >= 11 is 0. The van der Waals surface area contributed by atoms with Gasteiger partial charge in [-0.05, 0) is 0 Å². The predicted octanol–water partition coefficient (Wildman–Crippen LogP) is 0.926. The topological polar surface area (TPSA) is 36.9 Å². The van der Waals surface area contributed by atoms with Gasteiger partial charge in [0, 0.05) is 0 Å². The summed E-state index contributed by atoms with van der Waals surface area (Å²) in [6.07, 6.45) is 3.45. The summed E-state index contributed by atoms with van der Waals surface area (Å²) in [5, 5.41) is 0. The van der Waals surface area contributed by atoms with Crippen LogP contribution in [0.3, 0.4) is 0 Å². The molecule has 4 atom stereocenters. The lowest BCUT2D eigenvalue weighted by Crippen LogP contribution is -2.34. The van der Waals surface area contributed by atoms with E-state index in [4.69, 9.17) is 18.9 Å². The largest absolute Gasteiger partial charge is 0.370 e. The van der Waals surface area contributed by atoms with E-state index in [2.05, 4.69) is 13.2 Å². The molecule has 0 saturated carbocycles. The van der Waals surface area contributed by atoms with E-state index in [1.165, 1.54) is 0 Å². The average Bonchev–Trinajstić information content (AvgIpc) is 2.86. The lowest BCUT2D eigenvalue weighted by atomic mass is 10.1. The van der Waals surface area contributed by atoms with Crippen molar-refractivity contribution in [3.8, 4) is 0 Å². The Morgan fingerprint density at radius 2 is 1.38 bits per heavy atom. The highest BCUT2D eigenvalue weighted by atomic mass is 16.6. The fourth-order valence-corrected chi connectivity index (χ4v) is 2.10. The zero-order valence-electron chi connectivity index (χ0n) is 9.34. The molecule has 0 aromatic rings. The molecule has 4 heteroatoms. The third-order valence-corrected chi connectivity index (χ3v) is 2.82. The molecule has 2 aliphatic heterocycles. The summed E-state index contributed by atoms with van der Waals surface area (Å²) in [6, 6.07) is 0. The Bertz CT molecular complexity index is 227. The third kappa shape index (κ3) is 2.35.